The zero-order chi connectivity index (χ0) is 14.5. The van der Waals surface area contributed by atoms with Crippen molar-refractivity contribution in [3.8, 4) is 0 Å². The Kier molecular flexibility index (Phi) is 6.73. The summed E-state index contributed by atoms with van der Waals surface area (Å²) >= 11 is 0. The van der Waals surface area contributed by atoms with Crippen LogP contribution in [0.15, 0.2) is 0 Å². The Morgan fingerprint density at radius 2 is 2.11 bits per heavy atom. The van der Waals surface area contributed by atoms with Gasteiger partial charge in [-0.1, -0.05) is 13.8 Å². The van der Waals surface area contributed by atoms with Gasteiger partial charge in [-0.05, 0) is 31.2 Å². The molecule has 0 saturated carbocycles. The van der Waals surface area contributed by atoms with Crippen LogP contribution in [0.1, 0.15) is 26.7 Å². The number of hydrogen-bond donors (Lipinski definition) is 1. The van der Waals surface area contributed by atoms with E-state index in [1.54, 1.807) is 11.4 Å². The number of nitrogens with zero attached hydrogens (tertiary/aromatic N) is 1. The summed E-state index contributed by atoms with van der Waals surface area (Å²) in [6, 6.07) is 0.332. The predicted molar refractivity (Wildman–Crippen MR) is 77.6 cm³/mol. The molecule has 2 atom stereocenters. The normalized spacial score (nSPS) is 23.7. The van der Waals surface area contributed by atoms with E-state index >= 15 is 0 Å². The van der Waals surface area contributed by atoms with Crippen LogP contribution in [0.3, 0.4) is 0 Å². The summed E-state index contributed by atoms with van der Waals surface area (Å²) in [6.45, 7) is 7.20. The van der Waals surface area contributed by atoms with E-state index in [0.717, 1.165) is 19.4 Å². The smallest absolute Gasteiger partial charge is 0.211 e. The van der Waals surface area contributed by atoms with Crippen LogP contribution in [0.5, 0.6) is 0 Å². The van der Waals surface area contributed by atoms with E-state index in [4.69, 9.17) is 4.74 Å². The summed E-state index contributed by atoms with van der Waals surface area (Å²) in [5, 5.41) is 3.52. The summed E-state index contributed by atoms with van der Waals surface area (Å²) in [7, 11) is -1.33. The maximum Gasteiger partial charge on any atom is 0.211 e. The van der Waals surface area contributed by atoms with E-state index in [1.807, 2.05) is 0 Å². The fourth-order valence-electron chi connectivity index (χ4n) is 2.48. The fourth-order valence-corrected chi connectivity index (χ4v) is 3.42. The number of hydrogen-bond acceptors (Lipinski definition) is 4. The van der Waals surface area contributed by atoms with Crippen molar-refractivity contribution < 1.29 is 13.2 Å². The first-order valence-electron chi connectivity index (χ1n) is 7.02. The summed E-state index contributed by atoms with van der Waals surface area (Å²) in [5.74, 6) is 0.913. The van der Waals surface area contributed by atoms with Crippen molar-refractivity contribution >= 4 is 10.0 Å². The average molecular weight is 292 g/mol. The van der Waals surface area contributed by atoms with E-state index in [9.17, 15) is 8.42 Å². The van der Waals surface area contributed by atoms with Gasteiger partial charge in [-0.3, -0.25) is 0 Å². The van der Waals surface area contributed by atoms with Gasteiger partial charge in [0, 0.05) is 26.2 Å². The maximum atomic E-state index is 11.6. The standard InChI is InChI=1S/C13H28N2O3S/c1-11(2)13(10-18-3)14-8-12-6-5-7-15(9-12)19(4,16)17/h11-14H,5-10H2,1-4H3. The first-order chi connectivity index (χ1) is 8.84. The first-order valence-corrected chi connectivity index (χ1v) is 8.87. The number of methoxy groups -OCH3 is 1. The highest BCUT2D eigenvalue weighted by Crippen LogP contribution is 2.18. The second kappa shape index (κ2) is 7.57. The van der Waals surface area contributed by atoms with Gasteiger partial charge in [-0.25, -0.2) is 12.7 Å². The first kappa shape index (κ1) is 16.9. The molecule has 1 aliphatic heterocycles. The Hall–Kier alpha value is -0.170. The molecular formula is C13H28N2O3S. The zero-order valence-corrected chi connectivity index (χ0v) is 13.4. The Morgan fingerprint density at radius 1 is 1.42 bits per heavy atom. The number of ether oxygens (including phenoxy) is 1. The molecule has 0 bridgehead atoms. The van der Waals surface area contributed by atoms with Crippen LogP contribution in [0, 0.1) is 11.8 Å². The van der Waals surface area contributed by atoms with Crippen molar-refractivity contribution in [3.63, 3.8) is 0 Å². The lowest BCUT2D eigenvalue weighted by atomic mass is 9.98. The van der Waals surface area contributed by atoms with E-state index in [1.165, 1.54) is 6.26 Å². The van der Waals surface area contributed by atoms with Gasteiger partial charge in [0.2, 0.25) is 10.0 Å². The van der Waals surface area contributed by atoms with Crippen molar-refractivity contribution in [2.24, 2.45) is 11.8 Å². The van der Waals surface area contributed by atoms with Gasteiger partial charge < -0.3 is 10.1 Å². The molecule has 1 aliphatic rings. The van der Waals surface area contributed by atoms with Crippen LogP contribution in [0.25, 0.3) is 0 Å². The minimum absolute atomic E-state index is 0.332. The van der Waals surface area contributed by atoms with Gasteiger partial charge >= 0.3 is 0 Å². The lowest BCUT2D eigenvalue weighted by Gasteiger charge is -2.32. The van der Waals surface area contributed by atoms with Crippen LogP contribution < -0.4 is 5.32 Å². The van der Waals surface area contributed by atoms with E-state index < -0.39 is 10.0 Å². The van der Waals surface area contributed by atoms with Gasteiger partial charge in [-0.15, -0.1) is 0 Å². The highest BCUT2D eigenvalue weighted by Gasteiger charge is 2.26. The van der Waals surface area contributed by atoms with Crippen molar-refractivity contribution in [1.29, 1.82) is 0 Å². The SMILES string of the molecule is COCC(NCC1CCCN(S(C)(=O)=O)C1)C(C)C. The lowest BCUT2D eigenvalue weighted by molar-refractivity contribution is 0.140. The monoisotopic (exact) mass is 292 g/mol. The molecule has 2 unspecified atom stereocenters. The molecule has 0 aliphatic carbocycles. The molecule has 114 valence electrons. The lowest BCUT2D eigenvalue weighted by Crippen LogP contribution is -2.46. The predicted octanol–water partition coefficient (Wildman–Crippen LogP) is 0.919. The third-order valence-corrected chi connectivity index (χ3v) is 5.04. The number of rotatable bonds is 7. The molecule has 1 rings (SSSR count). The minimum Gasteiger partial charge on any atom is -0.383 e. The van der Waals surface area contributed by atoms with Gasteiger partial charge in [0.05, 0.1) is 12.9 Å². The average Bonchev–Trinajstić information content (AvgIpc) is 2.33. The molecule has 1 fully saturated rings. The summed E-state index contributed by atoms with van der Waals surface area (Å²) in [4.78, 5) is 0. The van der Waals surface area contributed by atoms with E-state index in [-0.39, 0.29) is 0 Å². The van der Waals surface area contributed by atoms with Gasteiger partial charge in [0.15, 0.2) is 0 Å². The van der Waals surface area contributed by atoms with Crippen LogP contribution >= 0.6 is 0 Å². The second-order valence-corrected chi connectivity index (χ2v) is 7.83. The topological polar surface area (TPSA) is 58.6 Å². The summed E-state index contributed by atoms with van der Waals surface area (Å²) in [5.41, 5.74) is 0. The highest BCUT2D eigenvalue weighted by molar-refractivity contribution is 7.88. The molecule has 0 aromatic carbocycles. The molecule has 0 aromatic rings. The third-order valence-electron chi connectivity index (χ3n) is 3.77. The van der Waals surface area contributed by atoms with E-state index in [2.05, 4.69) is 19.2 Å². The molecule has 1 saturated heterocycles. The molecule has 0 aromatic heterocycles. The molecule has 6 heteroatoms. The number of sulfonamides is 1. The van der Waals surface area contributed by atoms with E-state index in [0.29, 0.717) is 37.6 Å². The van der Waals surface area contributed by atoms with Crippen LogP contribution in [0.2, 0.25) is 0 Å². The number of piperidine rings is 1. The molecule has 19 heavy (non-hydrogen) atoms. The van der Waals surface area contributed by atoms with Crippen molar-refractivity contribution in [3.05, 3.63) is 0 Å². The quantitative estimate of drug-likeness (QED) is 0.758. The Labute approximate surface area is 117 Å². The van der Waals surface area contributed by atoms with Crippen LogP contribution in [0.4, 0.5) is 0 Å². The molecule has 0 radical (unpaired) electrons. The Balaban J connectivity index is 2.44. The Morgan fingerprint density at radius 3 is 2.63 bits per heavy atom. The zero-order valence-electron chi connectivity index (χ0n) is 12.6. The molecule has 5 nitrogen and oxygen atoms in total. The summed E-state index contributed by atoms with van der Waals surface area (Å²) < 4.78 is 29.9. The second-order valence-electron chi connectivity index (χ2n) is 5.84. The molecule has 0 amide bonds. The van der Waals surface area contributed by atoms with Crippen molar-refractivity contribution in [2.45, 2.75) is 32.7 Å². The Bertz CT molecular complexity index is 357. The van der Waals surface area contributed by atoms with Crippen LogP contribution in [-0.4, -0.2) is 58.4 Å². The maximum absolute atomic E-state index is 11.6. The largest absolute Gasteiger partial charge is 0.383 e. The molecule has 1 N–H and O–H groups in total. The van der Waals surface area contributed by atoms with Crippen molar-refractivity contribution in [1.82, 2.24) is 9.62 Å². The highest BCUT2D eigenvalue weighted by atomic mass is 32.2. The third kappa shape index (κ3) is 5.77. The van der Waals surface area contributed by atoms with Gasteiger partial charge in [-0.2, -0.15) is 0 Å². The molecular weight excluding hydrogens is 264 g/mol. The van der Waals surface area contributed by atoms with Gasteiger partial charge in [0.1, 0.15) is 0 Å². The summed E-state index contributed by atoms with van der Waals surface area (Å²) in [6.07, 6.45) is 3.34. The molecule has 1 heterocycles. The van der Waals surface area contributed by atoms with Gasteiger partial charge in [0.25, 0.3) is 0 Å². The minimum atomic E-state index is -3.04. The van der Waals surface area contributed by atoms with Crippen LogP contribution in [-0.2, 0) is 14.8 Å². The molecule has 0 spiro atoms. The fraction of sp³-hybridized carbons (Fsp3) is 1.00. The van der Waals surface area contributed by atoms with Crippen molar-refractivity contribution in [2.75, 3.05) is 39.6 Å². The number of nitrogens with one attached hydrogen (secondary N) is 1.